The number of amides is 2. The van der Waals surface area contributed by atoms with E-state index in [2.05, 4.69) is 22.5 Å². The molecule has 160 valence electrons. The molecule has 0 bridgehead atoms. The van der Waals surface area contributed by atoms with Crippen LogP contribution < -0.4 is 5.32 Å². The predicted molar refractivity (Wildman–Crippen MR) is 125 cm³/mol. The van der Waals surface area contributed by atoms with Crippen molar-refractivity contribution >= 4 is 28.8 Å². The van der Waals surface area contributed by atoms with Gasteiger partial charge in [-0.25, -0.2) is 0 Å². The van der Waals surface area contributed by atoms with Crippen LogP contribution >= 0.6 is 11.3 Å². The van der Waals surface area contributed by atoms with Gasteiger partial charge in [0, 0.05) is 47.2 Å². The number of nitrogens with zero attached hydrogens (tertiary/aromatic N) is 3. The van der Waals surface area contributed by atoms with Crippen LogP contribution in [-0.2, 0) is 19.6 Å². The summed E-state index contributed by atoms with van der Waals surface area (Å²) in [5, 5.41) is 7.25. The lowest BCUT2D eigenvalue weighted by molar-refractivity contribution is 0.0766. The van der Waals surface area contributed by atoms with Crippen molar-refractivity contribution < 1.29 is 9.59 Å². The van der Waals surface area contributed by atoms with E-state index < -0.39 is 0 Å². The molecule has 2 aromatic carbocycles. The fourth-order valence-corrected chi connectivity index (χ4v) is 4.77. The first-order valence-corrected chi connectivity index (χ1v) is 11.2. The molecule has 0 spiro atoms. The van der Waals surface area contributed by atoms with E-state index in [-0.39, 0.29) is 11.8 Å². The van der Waals surface area contributed by atoms with Crippen LogP contribution in [0.25, 0.3) is 0 Å². The second-order valence-corrected chi connectivity index (χ2v) is 9.17. The Kier molecular flexibility index (Phi) is 5.33. The fourth-order valence-electron chi connectivity index (χ4n) is 4.00. The Morgan fingerprint density at radius 1 is 1.06 bits per heavy atom. The standard InChI is InChI=1S/C25H22N4O2S/c1-17-9-10-23(32-17)24(30)27-22-8-3-7-20-21(22)16-28(25(20)31)14-18-5-2-6-19(13-18)15-29-12-4-11-26-29/h2-13H,14-16H2,1H3,(H,27,30). The number of thiophene rings is 1. The molecule has 0 atom stereocenters. The molecule has 5 rings (SSSR count). The zero-order valence-electron chi connectivity index (χ0n) is 17.6. The molecule has 1 aliphatic rings. The van der Waals surface area contributed by atoms with Gasteiger partial charge in [-0.2, -0.15) is 5.10 Å². The number of aryl methyl sites for hydroxylation is 1. The van der Waals surface area contributed by atoms with Gasteiger partial charge in [-0.15, -0.1) is 11.3 Å². The van der Waals surface area contributed by atoms with E-state index in [0.717, 1.165) is 21.6 Å². The second kappa shape index (κ2) is 8.43. The minimum absolute atomic E-state index is 0.0134. The van der Waals surface area contributed by atoms with E-state index in [9.17, 15) is 9.59 Å². The molecular formula is C25H22N4O2S. The summed E-state index contributed by atoms with van der Waals surface area (Å²) in [6.45, 7) is 3.64. The Labute approximate surface area is 190 Å². The third-order valence-electron chi connectivity index (χ3n) is 5.52. The topological polar surface area (TPSA) is 67.2 Å². The van der Waals surface area contributed by atoms with E-state index in [1.54, 1.807) is 6.20 Å². The van der Waals surface area contributed by atoms with Crippen molar-refractivity contribution in [3.05, 3.63) is 105 Å². The van der Waals surface area contributed by atoms with Crippen molar-refractivity contribution in [2.24, 2.45) is 0 Å². The van der Waals surface area contributed by atoms with E-state index in [0.29, 0.717) is 35.8 Å². The first kappa shape index (κ1) is 20.2. The highest BCUT2D eigenvalue weighted by molar-refractivity contribution is 7.14. The maximum Gasteiger partial charge on any atom is 0.265 e. The fraction of sp³-hybridized carbons (Fsp3) is 0.160. The summed E-state index contributed by atoms with van der Waals surface area (Å²) < 4.78 is 1.88. The molecule has 1 aliphatic heterocycles. The van der Waals surface area contributed by atoms with Gasteiger partial charge >= 0.3 is 0 Å². The van der Waals surface area contributed by atoms with Crippen LogP contribution in [-0.4, -0.2) is 26.5 Å². The summed E-state index contributed by atoms with van der Waals surface area (Å²) >= 11 is 1.46. The zero-order valence-corrected chi connectivity index (χ0v) is 18.4. The Hall–Kier alpha value is -3.71. The minimum Gasteiger partial charge on any atom is -0.330 e. The molecule has 2 aromatic heterocycles. The lowest BCUT2D eigenvalue weighted by Crippen LogP contribution is -2.23. The molecule has 2 amide bonds. The Bertz CT molecular complexity index is 1290. The number of nitrogens with one attached hydrogen (secondary N) is 1. The minimum atomic E-state index is -0.145. The number of aromatic nitrogens is 2. The quantitative estimate of drug-likeness (QED) is 0.470. The number of hydrogen-bond acceptors (Lipinski definition) is 4. The lowest BCUT2D eigenvalue weighted by Gasteiger charge is -2.16. The molecule has 0 fully saturated rings. The first-order valence-electron chi connectivity index (χ1n) is 10.4. The van der Waals surface area contributed by atoms with Gasteiger partial charge in [-0.05, 0) is 48.4 Å². The highest BCUT2D eigenvalue weighted by Crippen LogP contribution is 2.31. The summed E-state index contributed by atoms with van der Waals surface area (Å²) in [5.41, 5.74) is 4.41. The van der Waals surface area contributed by atoms with Gasteiger partial charge in [-0.3, -0.25) is 14.3 Å². The predicted octanol–water partition coefficient (Wildman–Crippen LogP) is 4.71. The number of benzene rings is 2. The van der Waals surface area contributed by atoms with Gasteiger partial charge in [-0.1, -0.05) is 30.3 Å². The Morgan fingerprint density at radius 2 is 1.88 bits per heavy atom. The van der Waals surface area contributed by atoms with Crippen molar-refractivity contribution in [1.29, 1.82) is 0 Å². The van der Waals surface area contributed by atoms with Crippen molar-refractivity contribution in [3.8, 4) is 0 Å². The van der Waals surface area contributed by atoms with Gasteiger partial charge < -0.3 is 10.2 Å². The van der Waals surface area contributed by atoms with Gasteiger partial charge in [0.25, 0.3) is 11.8 Å². The summed E-state index contributed by atoms with van der Waals surface area (Å²) in [4.78, 5) is 29.3. The van der Waals surface area contributed by atoms with Gasteiger partial charge in [0.2, 0.25) is 0 Å². The van der Waals surface area contributed by atoms with Gasteiger partial charge in [0.1, 0.15) is 0 Å². The lowest BCUT2D eigenvalue weighted by atomic mass is 10.1. The number of carbonyl (C=O) groups is 2. The maximum atomic E-state index is 13.1. The number of hydrogen-bond donors (Lipinski definition) is 1. The average molecular weight is 443 g/mol. The molecule has 0 aliphatic carbocycles. The number of fused-ring (bicyclic) bond motifs is 1. The average Bonchev–Trinajstić information content (AvgIpc) is 3.51. The van der Waals surface area contributed by atoms with Crippen LogP contribution in [0.15, 0.2) is 73.1 Å². The maximum absolute atomic E-state index is 13.1. The van der Waals surface area contributed by atoms with Crippen molar-refractivity contribution in [1.82, 2.24) is 14.7 Å². The van der Waals surface area contributed by atoms with E-state index in [1.165, 1.54) is 11.3 Å². The number of carbonyl (C=O) groups excluding carboxylic acids is 2. The molecular weight excluding hydrogens is 420 g/mol. The van der Waals surface area contributed by atoms with Crippen molar-refractivity contribution in [2.75, 3.05) is 5.32 Å². The number of anilines is 1. The molecule has 0 unspecified atom stereocenters. The monoisotopic (exact) mass is 442 g/mol. The van der Waals surface area contributed by atoms with Crippen LogP contribution in [0.1, 0.15) is 41.6 Å². The summed E-state index contributed by atoms with van der Waals surface area (Å²) in [5.74, 6) is -0.158. The summed E-state index contributed by atoms with van der Waals surface area (Å²) in [6.07, 6.45) is 3.70. The second-order valence-electron chi connectivity index (χ2n) is 7.88. The normalized spacial score (nSPS) is 12.8. The van der Waals surface area contributed by atoms with Gasteiger partial charge in [0.15, 0.2) is 0 Å². The SMILES string of the molecule is Cc1ccc(C(=O)Nc2cccc3c2CN(Cc2cccc(Cn4cccn4)c2)C3=O)s1. The summed E-state index contributed by atoms with van der Waals surface area (Å²) in [6, 6.07) is 19.4. The molecule has 4 aromatic rings. The molecule has 0 saturated carbocycles. The molecule has 32 heavy (non-hydrogen) atoms. The third-order valence-corrected chi connectivity index (χ3v) is 6.52. The van der Waals surface area contributed by atoms with Crippen LogP contribution in [0.4, 0.5) is 5.69 Å². The Balaban J connectivity index is 1.32. The first-order chi connectivity index (χ1) is 15.6. The smallest absolute Gasteiger partial charge is 0.265 e. The molecule has 3 heterocycles. The van der Waals surface area contributed by atoms with Crippen LogP contribution in [0, 0.1) is 6.92 Å². The molecule has 6 nitrogen and oxygen atoms in total. The van der Waals surface area contributed by atoms with E-state index in [1.807, 2.05) is 71.2 Å². The van der Waals surface area contributed by atoms with Crippen molar-refractivity contribution in [2.45, 2.75) is 26.6 Å². The van der Waals surface area contributed by atoms with Crippen LogP contribution in [0.5, 0.6) is 0 Å². The Morgan fingerprint density at radius 3 is 2.62 bits per heavy atom. The number of rotatable bonds is 6. The molecule has 7 heteroatoms. The largest absolute Gasteiger partial charge is 0.330 e. The van der Waals surface area contributed by atoms with Crippen LogP contribution in [0.2, 0.25) is 0 Å². The van der Waals surface area contributed by atoms with Crippen molar-refractivity contribution in [3.63, 3.8) is 0 Å². The molecule has 0 radical (unpaired) electrons. The van der Waals surface area contributed by atoms with Gasteiger partial charge in [0.05, 0.1) is 11.4 Å². The van der Waals surface area contributed by atoms with E-state index in [4.69, 9.17) is 0 Å². The molecule has 0 saturated heterocycles. The van der Waals surface area contributed by atoms with E-state index >= 15 is 0 Å². The van der Waals surface area contributed by atoms with Crippen LogP contribution in [0.3, 0.4) is 0 Å². The highest BCUT2D eigenvalue weighted by Gasteiger charge is 2.29. The summed E-state index contributed by atoms with van der Waals surface area (Å²) in [7, 11) is 0. The zero-order chi connectivity index (χ0) is 22.1. The third kappa shape index (κ3) is 4.07. The molecule has 1 N–H and O–H groups in total. The highest BCUT2D eigenvalue weighted by atomic mass is 32.1.